The molecule has 0 bridgehead atoms. The Hall–Kier alpha value is -2.45. The minimum absolute atomic E-state index is 0.274. The first-order valence-corrected chi connectivity index (χ1v) is 11.9. The molecule has 2 aromatic rings. The lowest BCUT2D eigenvalue weighted by molar-refractivity contribution is 0.0587. The van der Waals surface area contributed by atoms with Crippen molar-refractivity contribution in [1.82, 2.24) is 9.29 Å². The molecule has 0 spiro atoms. The maximum atomic E-state index is 13.5. The van der Waals surface area contributed by atoms with Gasteiger partial charge in [0.15, 0.2) is 0 Å². The van der Waals surface area contributed by atoms with Crippen molar-refractivity contribution < 1.29 is 17.9 Å². The third-order valence-corrected chi connectivity index (χ3v) is 7.16. The van der Waals surface area contributed by atoms with E-state index in [-0.39, 0.29) is 4.90 Å². The number of rotatable bonds is 4. The SMILES string of the molecule is Cc1ccc(S(=O)(=O)N2CCCCC2c2cccnc2N(C)C(=O)OC(C)(C)C)cc1. The van der Waals surface area contributed by atoms with E-state index >= 15 is 0 Å². The molecule has 1 saturated heterocycles. The number of sulfonamides is 1. The largest absolute Gasteiger partial charge is 0.443 e. The van der Waals surface area contributed by atoms with E-state index in [2.05, 4.69) is 4.98 Å². The molecule has 0 saturated carbocycles. The maximum Gasteiger partial charge on any atom is 0.415 e. The van der Waals surface area contributed by atoms with Crippen LogP contribution in [0.15, 0.2) is 47.5 Å². The van der Waals surface area contributed by atoms with Gasteiger partial charge in [0.2, 0.25) is 10.0 Å². The smallest absolute Gasteiger partial charge is 0.415 e. The van der Waals surface area contributed by atoms with Crippen molar-refractivity contribution in [2.24, 2.45) is 0 Å². The van der Waals surface area contributed by atoms with Crippen molar-refractivity contribution in [2.75, 3.05) is 18.5 Å². The second kappa shape index (κ2) is 8.96. The molecular weight excluding hydrogens is 414 g/mol. The number of hydrogen-bond acceptors (Lipinski definition) is 5. The highest BCUT2D eigenvalue weighted by Crippen LogP contribution is 2.38. The van der Waals surface area contributed by atoms with E-state index in [1.54, 1.807) is 68.7 Å². The lowest BCUT2D eigenvalue weighted by Crippen LogP contribution is -2.40. The second-order valence-corrected chi connectivity index (χ2v) is 10.8. The number of nitrogens with zero attached hydrogens (tertiary/aromatic N) is 3. The number of aromatic nitrogens is 1. The van der Waals surface area contributed by atoms with Crippen LogP contribution < -0.4 is 4.90 Å². The Kier molecular flexibility index (Phi) is 6.71. The number of hydrogen-bond donors (Lipinski definition) is 0. The van der Waals surface area contributed by atoms with E-state index in [0.29, 0.717) is 24.3 Å². The summed E-state index contributed by atoms with van der Waals surface area (Å²) in [4.78, 5) is 18.7. The summed E-state index contributed by atoms with van der Waals surface area (Å²) in [6, 6.07) is 10.1. The molecule has 1 amide bonds. The van der Waals surface area contributed by atoms with Crippen LogP contribution in [0.5, 0.6) is 0 Å². The monoisotopic (exact) mass is 445 g/mol. The molecule has 0 aliphatic carbocycles. The normalized spacial score (nSPS) is 17.9. The Labute approximate surface area is 185 Å². The lowest BCUT2D eigenvalue weighted by Gasteiger charge is -2.36. The number of aryl methyl sites for hydroxylation is 1. The molecule has 1 fully saturated rings. The van der Waals surface area contributed by atoms with E-state index in [0.717, 1.165) is 18.4 Å². The Morgan fingerprint density at radius 2 is 1.84 bits per heavy atom. The fraction of sp³-hybridized carbons (Fsp3) is 0.478. The molecule has 31 heavy (non-hydrogen) atoms. The maximum absolute atomic E-state index is 13.5. The van der Waals surface area contributed by atoms with Crippen LogP contribution in [0, 0.1) is 6.92 Å². The van der Waals surface area contributed by atoms with Crippen LogP contribution in [0.4, 0.5) is 10.6 Å². The highest BCUT2D eigenvalue weighted by atomic mass is 32.2. The zero-order valence-corrected chi connectivity index (χ0v) is 19.6. The van der Waals surface area contributed by atoms with Crippen LogP contribution in [-0.4, -0.2) is 43.0 Å². The van der Waals surface area contributed by atoms with Gasteiger partial charge in [-0.25, -0.2) is 18.2 Å². The number of carbonyl (C=O) groups is 1. The summed E-state index contributed by atoms with van der Waals surface area (Å²) < 4.78 is 34.0. The minimum atomic E-state index is -3.70. The van der Waals surface area contributed by atoms with Gasteiger partial charge in [0.1, 0.15) is 11.4 Å². The summed E-state index contributed by atoms with van der Waals surface area (Å²) in [6.07, 6.45) is 3.41. The van der Waals surface area contributed by atoms with Crippen LogP contribution in [0.3, 0.4) is 0 Å². The molecule has 0 radical (unpaired) electrons. The van der Waals surface area contributed by atoms with Gasteiger partial charge in [0.25, 0.3) is 0 Å². The summed E-state index contributed by atoms with van der Waals surface area (Å²) >= 11 is 0. The van der Waals surface area contributed by atoms with E-state index in [4.69, 9.17) is 4.74 Å². The molecule has 8 heteroatoms. The van der Waals surface area contributed by atoms with Crippen LogP contribution in [0.25, 0.3) is 0 Å². The topological polar surface area (TPSA) is 79.8 Å². The Balaban J connectivity index is 1.99. The Morgan fingerprint density at radius 1 is 1.16 bits per heavy atom. The summed E-state index contributed by atoms with van der Waals surface area (Å²) in [6.45, 7) is 7.75. The van der Waals surface area contributed by atoms with Gasteiger partial charge in [0.05, 0.1) is 10.9 Å². The average Bonchev–Trinajstić information content (AvgIpc) is 2.72. The van der Waals surface area contributed by atoms with Crippen molar-refractivity contribution in [3.05, 3.63) is 53.7 Å². The van der Waals surface area contributed by atoms with Gasteiger partial charge in [0, 0.05) is 25.4 Å². The third kappa shape index (κ3) is 5.25. The molecule has 1 aromatic heterocycles. The van der Waals surface area contributed by atoms with E-state index in [9.17, 15) is 13.2 Å². The fourth-order valence-electron chi connectivity index (χ4n) is 3.72. The number of amides is 1. The second-order valence-electron chi connectivity index (χ2n) is 8.90. The van der Waals surface area contributed by atoms with Gasteiger partial charge < -0.3 is 4.74 Å². The van der Waals surface area contributed by atoms with Gasteiger partial charge in [-0.3, -0.25) is 4.90 Å². The quantitative estimate of drug-likeness (QED) is 0.683. The predicted octanol–water partition coefficient (Wildman–Crippen LogP) is 4.68. The molecule has 3 rings (SSSR count). The number of pyridine rings is 1. The molecule has 0 N–H and O–H groups in total. The van der Waals surface area contributed by atoms with Crippen LogP contribution >= 0.6 is 0 Å². The van der Waals surface area contributed by atoms with Crippen molar-refractivity contribution >= 4 is 21.9 Å². The van der Waals surface area contributed by atoms with Gasteiger partial charge in [-0.1, -0.05) is 30.2 Å². The molecular formula is C23H31N3O4S. The van der Waals surface area contributed by atoms with Crippen LogP contribution in [-0.2, 0) is 14.8 Å². The van der Waals surface area contributed by atoms with E-state index in [1.165, 1.54) is 4.90 Å². The molecule has 2 heterocycles. The van der Waals surface area contributed by atoms with Crippen molar-refractivity contribution in [1.29, 1.82) is 0 Å². The summed E-state index contributed by atoms with van der Waals surface area (Å²) in [5.74, 6) is 0.410. The van der Waals surface area contributed by atoms with Gasteiger partial charge in [-0.05, 0) is 58.7 Å². The average molecular weight is 446 g/mol. The van der Waals surface area contributed by atoms with Gasteiger partial charge in [-0.2, -0.15) is 4.31 Å². The highest BCUT2D eigenvalue weighted by molar-refractivity contribution is 7.89. The van der Waals surface area contributed by atoms with Crippen LogP contribution in [0.1, 0.15) is 57.2 Å². The van der Waals surface area contributed by atoms with Crippen LogP contribution in [0.2, 0.25) is 0 Å². The van der Waals surface area contributed by atoms with Crippen molar-refractivity contribution in [2.45, 2.75) is 63.5 Å². The number of piperidine rings is 1. The minimum Gasteiger partial charge on any atom is -0.443 e. The zero-order valence-electron chi connectivity index (χ0n) is 18.8. The van der Waals surface area contributed by atoms with Crippen molar-refractivity contribution in [3.63, 3.8) is 0 Å². The molecule has 1 atom stereocenters. The molecule has 168 valence electrons. The molecule has 1 aromatic carbocycles. The van der Waals surface area contributed by atoms with E-state index < -0.39 is 27.8 Å². The number of anilines is 1. The summed E-state index contributed by atoms with van der Waals surface area (Å²) in [5.41, 5.74) is 1.06. The highest BCUT2D eigenvalue weighted by Gasteiger charge is 2.37. The van der Waals surface area contributed by atoms with E-state index in [1.807, 2.05) is 13.0 Å². The zero-order chi connectivity index (χ0) is 22.8. The summed E-state index contributed by atoms with van der Waals surface area (Å²) in [7, 11) is -2.10. The predicted molar refractivity (Wildman–Crippen MR) is 121 cm³/mol. The standard InChI is InChI=1S/C23H31N3O4S/c1-17-11-13-18(14-12-17)31(28,29)26-16-7-6-10-20(26)19-9-8-15-24-21(19)25(5)22(27)30-23(2,3)4/h8-9,11-15,20H,6-7,10,16H2,1-5H3. The number of carbonyl (C=O) groups excluding carboxylic acids is 1. The summed E-state index contributed by atoms with van der Waals surface area (Å²) in [5, 5.41) is 0. The molecule has 1 aliphatic rings. The lowest BCUT2D eigenvalue weighted by atomic mass is 9.97. The van der Waals surface area contributed by atoms with Gasteiger partial charge >= 0.3 is 6.09 Å². The first-order valence-electron chi connectivity index (χ1n) is 10.5. The third-order valence-electron chi connectivity index (χ3n) is 5.24. The number of ether oxygens (including phenoxy) is 1. The number of benzene rings is 1. The molecule has 1 aliphatic heterocycles. The first kappa shape index (κ1) is 23.2. The Bertz CT molecular complexity index is 1030. The first-order chi connectivity index (χ1) is 14.5. The van der Waals surface area contributed by atoms with Crippen molar-refractivity contribution in [3.8, 4) is 0 Å². The van der Waals surface area contributed by atoms with Gasteiger partial charge in [-0.15, -0.1) is 0 Å². The molecule has 1 unspecified atom stereocenters. The Morgan fingerprint density at radius 3 is 2.48 bits per heavy atom. The molecule has 7 nitrogen and oxygen atoms in total. The fourth-order valence-corrected chi connectivity index (χ4v) is 5.39.